The summed E-state index contributed by atoms with van der Waals surface area (Å²) in [4.78, 5) is 0. The first-order chi connectivity index (χ1) is 9.69. The molecule has 132 valence electrons. The molecule has 0 N–H and O–H groups in total. The van der Waals surface area contributed by atoms with Crippen LogP contribution < -0.4 is 0 Å². The Balaban J connectivity index is -0.000000295. The third-order valence-corrected chi connectivity index (χ3v) is 9.72. The minimum Gasteiger partial charge on any atom is -0.107 e. The van der Waals surface area contributed by atoms with Gasteiger partial charge in [-0.1, -0.05) is 80.1 Å². The quantitative estimate of drug-likeness (QED) is 0.246. The molecule has 0 radical (unpaired) electrons. The smallest absolute Gasteiger partial charge is 0 e. The molecule has 3 heteroatoms. The van der Waals surface area contributed by atoms with Crippen LogP contribution in [0.2, 0.25) is 0 Å². The summed E-state index contributed by atoms with van der Waals surface area (Å²) >= 11 is 0. The second-order valence-electron chi connectivity index (χ2n) is 5.68. The van der Waals surface area contributed by atoms with Crippen molar-refractivity contribution in [3.63, 3.8) is 0 Å². The van der Waals surface area contributed by atoms with E-state index in [-0.39, 0.29) is 17.1 Å². The maximum atomic E-state index is 2.31. The number of hydrogen-bond acceptors (Lipinski definition) is 0. The van der Waals surface area contributed by atoms with Crippen molar-refractivity contribution >= 4 is 15.8 Å². The molecule has 0 bridgehead atoms. The molecule has 0 saturated carbocycles. The molecule has 21 heavy (non-hydrogen) atoms. The maximum absolute atomic E-state index is 2.31. The van der Waals surface area contributed by atoms with E-state index in [9.17, 15) is 0 Å². The Labute approximate surface area is 150 Å². The van der Waals surface area contributed by atoms with Crippen LogP contribution in [0.1, 0.15) is 80.1 Å². The van der Waals surface area contributed by atoms with E-state index < -0.39 is 0 Å². The van der Waals surface area contributed by atoms with Crippen molar-refractivity contribution in [3.05, 3.63) is 0 Å². The molecule has 0 saturated heterocycles. The standard InChI is InChI=1S/2C9H21P.Fe/c2*1-4-7-10(8-5-2)9-6-3;/h2*4-9H2,1-3H3;. The van der Waals surface area contributed by atoms with Crippen molar-refractivity contribution in [1.29, 1.82) is 0 Å². The normalized spacial score (nSPS) is 10.3. The van der Waals surface area contributed by atoms with E-state index in [1.54, 1.807) is 0 Å². The zero-order valence-corrected chi connectivity index (χ0v) is 18.6. The third-order valence-electron chi connectivity index (χ3n) is 3.24. The van der Waals surface area contributed by atoms with Gasteiger partial charge in [0.1, 0.15) is 0 Å². The summed E-state index contributed by atoms with van der Waals surface area (Å²) in [5.74, 6) is 0. The molecule has 0 nitrogen and oxygen atoms in total. The van der Waals surface area contributed by atoms with Gasteiger partial charge in [-0.05, 0) is 37.0 Å². The molecule has 0 heterocycles. The van der Waals surface area contributed by atoms with Gasteiger partial charge in [0.2, 0.25) is 0 Å². The summed E-state index contributed by atoms with van der Waals surface area (Å²) in [7, 11) is 0.878. The fourth-order valence-corrected chi connectivity index (χ4v) is 7.70. The molecule has 0 fully saturated rings. The Kier molecular flexibility index (Phi) is 30.7. The van der Waals surface area contributed by atoms with Gasteiger partial charge in [0, 0.05) is 17.1 Å². The van der Waals surface area contributed by atoms with Gasteiger partial charge >= 0.3 is 0 Å². The Morgan fingerprint density at radius 2 is 0.524 bits per heavy atom. The molecule has 0 aromatic rings. The van der Waals surface area contributed by atoms with Gasteiger partial charge < -0.3 is 0 Å². The maximum Gasteiger partial charge on any atom is 0 e. The van der Waals surface area contributed by atoms with E-state index in [1.165, 1.54) is 75.5 Å². The second-order valence-corrected chi connectivity index (χ2v) is 11.0. The van der Waals surface area contributed by atoms with Gasteiger partial charge in [-0.3, -0.25) is 0 Å². The Morgan fingerprint density at radius 3 is 0.619 bits per heavy atom. The Bertz CT molecular complexity index is 119. The number of rotatable bonds is 12. The Hall–Kier alpha value is 1.38. The van der Waals surface area contributed by atoms with Crippen LogP contribution >= 0.6 is 15.8 Å². The van der Waals surface area contributed by atoms with Gasteiger partial charge in [-0.25, -0.2) is 0 Å². The van der Waals surface area contributed by atoms with E-state index >= 15 is 0 Å². The molecule has 0 atom stereocenters. The average molecular weight is 376 g/mol. The summed E-state index contributed by atoms with van der Waals surface area (Å²) in [5, 5.41) is 0. The van der Waals surface area contributed by atoms with E-state index in [0.717, 1.165) is 0 Å². The number of hydrogen-bond donors (Lipinski definition) is 0. The summed E-state index contributed by atoms with van der Waals surface area (Å²) in [6, 6.07) is 0. The molecule has 0 spiro atoms. The van der Waals surface area contributed by atoms with Gasteiger partial charge in [-0.2, -0.15) is 0 Å². The minimum atomic E-state index is 0. The van der Waals surface area contributed by atoms with Crippen molar-refractivity contribution in [2.75, 3.05) is 37.0 Å². The first-order valence-electron chi connectivity index (χ1n) is 9.14. The zero-order chi connectivity index (χ0) is 15.6. The predicted octanol–water partition coefficient (Wildman–Crippen LogP) is 7.39. The SMILES string of the molecule is CCCP(CCC)CCC.CCCP(CCC)CCC.[Fe]. The average Bonchev–Trinajstić information content (AvgIpc) is 2.41. The van der Waals surface area contributed by atoms with Crippen molar-refractivity contribution < 1.29 is 17.1 Å². The predicted molar refractivity (Wildman–Crippen MR) is 105 cm³/mol. The van der Waals surface area contributed by atoms with Gasteiger partial charge in [-0.15, -0.1) is 15.8 Å². The van der Waals surface area contributed by atoms with E-state index in [0.29, 0.717) is 15.8 Å². The molecule has 0 aliphatic carbocycles. The van der Waals surface area contributed by atoms with Gasteiger partial charge in [0.15, 0.2) is 0 Å². The van der Waals surface area contributed by atoms with Crippen molar-refractivity contribution in [3.8, 4) is 0 Å². The summed E-state index contributed by atoms with van der Waals surface area (Å²) < 4.78 is 0. The van der Waals surface area contributed by atoms with Crippen LogP contribution in [0, 0.1) is 0 Å². The topological polar surface area (TPSA) is 0 Å². The summed E-state index contributed by atoms with van der Waals surface area (Å²) in [5.41, 5.74) is 0. The molecule has 0 rings (SSSR count). The monoisotopic (exact) mass is 376 g/mol. The first-order valence-corrected chi connectivity index (χ1v) is 12.9. The molecule has 0 aliphatic rings. The van der Waals surface area contributed by atoms with Crippen LogP contribution in [0.25, 0.3) is 0 Å². The largest absolute Gasteiger partial charge is 0.107 e. The van der Waals surface area contributed by atoms with Crippen molar-refractivity contribution in [2.45, 2.75) is 80.1 Å². The van der Waals surface area contributed by atoms with Crippen LogP contribution in [-0.2, 0) is 17.1 Å². The molecule has 0 unspecified atom stereocenters. The zero-order valence-electron chi connectivity index (χ0n) is 15.7. The van der Waals surface area contributed by atoms with Crippen molar-refractivity contribution in [1.82, 2.24) is 0 Å². The fraction of sp³-hybridized carbons (Fsp3) is 1.00. The van der Waals surface area contributed by atoms with E-state index in [2.05, 4.69) is 41.5 Å². The van der Waals surface area contributed by atoms with Gasteiger partial charge in [0.05, 0.1) is 0 Å². The summed E-state index contributed by atoms with van der Waals surface area (Å²) in [6.45, 7) is 13.8. The molecule has 0 aliphatic heterocycles. The van der Waals surface area contributed by atoms with Crippen LogP contribution in [0.5, 0.6) is 0 Å². The molecule has 0 amide bonds. The molecule has 0 aromatic heterocycles. The fourth-order valence-electron chi connectivity index (χ4n) is 2.57. The third kappa shape index (κ3) is 21.4. The van der Waals surface area contributed by atoms with E-state index in [1.807, 2.05) is 0 Å². The van der Waals surface area contributed by atoms with Crippen LogP contribution in [-0.4, -0.2) is 37.0 Å². The minimum absolute atomic E-state index is 0. The Morgan fingerprint density at radius 1 is 0.381 bits per heavy atom. The molecular weight excluding hydrogens is 334 g/mol. The van der Waals surface area contributed by atoms with Crippen molar-refractivity contribution in [2.24, 2.45) is 0 Å². The first kappa shape index (κ1) is 27.2. The van der Waals surface area contributed by atoms with Gasteiger partial charge in [0.25, 0.3) is 0 Å². The van der Waals surface area contributed by atoms with E-state index in [4.69, 9.17) is 0 Å². The summed E-state index contributed by atoms with van der Waals surface area (Å²) in [6.07, 6.45) is 17.4. The van der Waals surface area contributed by atoms with Crippen LogP contribution in [0.4, 0.5) is 0 Å². The molecular formula is C18H42FeP2. The molecule has 0 aromatic carbocycles. The second kappa shape index (κ2) is 23.6. The van der Waals surface area contributed by atoms with Crippen LogP contribution in [0.15, 0.2) is 0 Å². The van der Waals surface area contributed by atoms with Crippen LogP contribution in [0.3, 0.4) is 0 Å².